The average molecular weight is 1660 g/mol. The first kappa shape index (κ1) is 85.0. The average Bonchev–Trinajstić information content (AvgIpc) is 1.17. The maximum absolute atomic E-state index is 12.5. The van der Waals surface area contributed by atoms with Crippen molar-refractivity contribution in [3.05, 3.63) is 141 Å². The van der Waals surface area contributed by atoms with Gasteiger partial charge in [0.15, 0.2) is 23.3 Å². The number of aromatic nitrogens is 10. The van der Waals surface area contributed by atoms with E-state index in [4.69, 9.17) is 0 Å². The molecule has 640 valence electrons. The summed E-state index contributed by atoms with van der Waals surface area (Å²) in [7, 11) is 1.91. The lowest BCUT2D eigenvalue weighted by Crippen LogP contribution is -2.63. The molecule has 120 heavy (non-hydrogen) atoms. The number of thiazole rings is 1. The molecule has 4 amide bonds. The number of nitrogens with one attached hydrogen (secondary N) is 11. The maximum atomic E-state index is 12.5. The van der Waals surface area contributed by atoms with Gasteiger partial charge in [-0.25, -0.2) is 0 Å². The molecule has 4 aliphatic heterocycles. The molecular formula is C90H122N22O7S. The molecular weight excluding hydrogens is 1530 g/mol. The van der Waals surface area contributed by atoms with Crippen LogP contribution in [-0.4, -0.2) is 236 Å². The minimum atomic E-state index is -0.768. The first-order valence-corrected chi connectivity index (χ1v) is 44.4. The van der Waals surface area contributed by atoms with Crippen LogP contribution < -0.4 is 42.5 Å². The number of likely N-dealkylation sites (tertiary alicyclic amines) is 4. The number of carbonyl (C=O) groups excluding carboxylic acids is 5. The Morgan fingerprint density at radius 2 is 0.833 bits per heavy atom. The fourth-order valence-corrected chi connectivity index (χ4v) is 19.8. The zero-order chi connectivity index (χ0) is 83.8. The molecule has 4 saturated carbocycles. The molecule has 10 aromatic rings. The molecule has 0 spiro atoms. The number of Topliss-reactive ketones (excluding diaryl/α,β-unsaturated/α-hetero) is 1. The van der Waals surface area contributed by atoms with E-state index in [0.29, 0.717) is 41.6 Å². The summed E-state index contributed by atoms with van der Waals surface area (Å²) in [5.41, 5.74) is 10.8. The smallest absolute Gasteiger partial charge is 0.239 e. The fraction of sp³-hybridized carbons (Fsp3) is 0.544. The van der Waals surface area contributed by atoms with Crippen molar-refractivity contribution in [1.82, 2.24) is 91.2 Å². The number of amides is 4. The standard InChI is InChI=1S/C25H32N6O2.C23H30N6O2S.C21H29N5O2.C21H31N5O/c1-16-3-6-22-21(11-16)24(30-29-22)27-13-23(32)28-19-14-31(15-19)20-7-9-25(33,10-8-20)18-5-4-17(2)26-12-18;1-15-3-4-19-18(9-15)22(27-28(19)2)25-11-21(30)26-16-12-29(13-16)17-5-7-23(31,8-6-17)20-10-24-14-32-20;1-13-3-8-19-18(9-13)21(25-24-19)22-10-20(28)23-16-11-26(12-16)17-6-4-15(5-7-17)14(2)27;1-3-15-5-7-17(8-6-15)26-12-16(13-26)23-20(27)11-22-21-18-10-14(2)4-9-19(18)24-25-21/h3-6,11-12,19-20,33H,7-10,13-15H2,1-2H3,(H,28,32)(H2,27,29,30);3-4,9-10,14,16-17,31H,5-8,11-13H2,1-2H3,(H,25,27)(H,26,30);3,8-9,15-17H,4-7,10-12H2,1-2H3,(H,23,28)(H2,22,24,25);4,9-10,15-17H,3,5-8,11-13H2,1-2H3,(H,23,27)(H2,22,24,25). The molecule has 4 aromatic carbocycles. The summed E-state index contributed by atoms with van der Waals surface area (Å²) in [6.07, 6.45) is 21.4. The summed E-state index contributed by atoms with van der Waals surface area (Å²) in [6, 6.07) is 31.6. The minimum absolute atomic E-state index is 0.00580. The van der Waals surface area contributed by atoms with Crippen LogP contribution in [0.4, 0.5) is 23.3 Å². The number of H-pyrrole nitrogens is 3. The van der Waals surface area contributed by atoms with Crippen LogP contribution in [0.15, 0.2) is 103 Å². The number of fused-ring (bicyclic) bond motifs is 4. The van der Waals surface area contributed by atoms with Gasteiger partial charge in [-0.1, -0.05) is 65.9 Å². The second kappa shape index (κ2) is 38.0. The largest absolute Gasteiger partial charge is 0.385 e. The van der Waals surface area contributed by atoms with Crippen molar-refractivity contribution in [1.29, 1.82) is 0 Å². The maximum Gasteiger partial charge on any atom is 0.239 e. The van der Waals surface area contributed by atoms with Crippen molar-refractivity contribution in [2.75, 3.05) is 99.8 Å². The quantitative estimate of drug-likeness (QED) is 0.0267. The van der Waals surface area contributed by atoms with E-state index in [0.717, 1.165) is 224 Å². The molecule has 4 aliphatic carbocycles. The fourth-order valence-electron chi connectivity index (χ4n) is 19.1. The molecule has 0 radical (unpaired) electrons. The first-order valence-electron chi connectivity index (χ1n) is 43.6. The van der Waals surface area contributed by atoms with Gasteiger partial charge in [0, 0.05) is 135 Å². The Hall–Kier alpha value is -9.95. The third-order valence-electron chi connectivity index (χ3n) is 26.6. The molecule has 0 bridgehead atoms. The lowest BCUT2D eigenvalue weighted by Gasteiger charge is -2.48. The van der Waals surface area contributed by atoms with E-state index >= 15 is 0 Å². The molecule has 30 heteroatoms. The van der Waals surface area contributed by atoms with Crippen molar-refractivity contribution in [3.63, 3.8) is 0 Å². The predicted octanol–water partition coefficient (Wildman–Crippen LogP) is 10.3. The number of ketones is 1. The highest BCUT2D eigenvalue weighted by atomic mass is 32.1. The summed E-state index contributed by atoms with van der Waals surface area (Å²) in [6.45, 7) is 22.3. The van der Waals surface area contributed by atoms with Crippen LogP contribution in [0.25, 0.3) is 43.6 Å². The number of aromatic amines is 3. The van der Waals surface area contributed by atoms with Crippen LogP contribution in [-0.2, 0) is 42.2 Å². The summed E-state index contributed by atoms with van der Waals surface area (Å²) >= 11 is 1.54. The number of anilines is 4. The Morgan fingerprint density at radius 1 is 0.458 bits per heavy atom. The summed E-state index contributed by atoms with van der Waals surface area (Å²) in [5.74, 6) is 4.44. The van der Waals surface area contributed by atoms with Gasteiger partial charge in [-0.3, -0.25) is 73.5 Å². The van der Waals surface area contributed by atoms with Gasteiger partial charge in [-0.15, -0.1) is 11.3 Å². The van der Waals surface area contributed by atoms with Crippen LogP contribution in [0.3, 0.4) is 0 Å². The Kier molecular flexibility index (Phi) is 26.9. The highest BCUT2D eigenvalue weighted by Crippen LogP contribution is 2.43. The molecule has 0 atom stereocenters. The van der Waals surface area contributed by atoms with Crippen LogP contribution >= 0.6 is 11.3 Å². The monoisotopic (exact) mass is 1650 g/mol. The number of carbonyl (C=O) groups is 5. The number of aliphatic hydroxyl groups is 2. The van der Waals surface area contributed by atoms with Crippen molar-refractivity contribution < 1.29 is 34.2 Å². The highest BCUT2D eigenvalue weighted by molar-refractivity contribution is 7.09. The Balaban J connectivity index is 0.000000125. The Morgan fingerprint density at radius 3 is 1.21 bits per heavy atom. The second-order valence-electron chi connectivity index (χ2n) is 35.4. The predicted molar refractivity (Wildman–Crippen MR) is 472 cm³/mol. The van der Waals surface area contributed by atoms with E-state index in [-0.39, 0.29) is 73.9 Å². The van der Waals surface area contributed by atoms with Gasteiger partial charge < -0.3 is 52.7 Å². The minimum Gasteiger partial charge on any atom is -0.385 e. The molecule has 13 N–H and O–H groups in total. The Bertz CT molecular complexity index is 5140. The van der Waals surface area contributed by atoms with Crippen LogP contribution in [0.1, 0.15) is 161 Å². The zero-order valence-electron chi connectivity index (χ0n) is 70.9. The number of hydrogen-bond donors (Lipinski definition) is 13. The molecule has 8 fully saturated rings. The SMILES string of the molecule is CC(=O)C1CCC(N2CC(NC(=O)CNc3n[nH]c4ccc(C)cc34)C2)CC1.CCC1CCC(N2CC(NC(=O)CNc3n[nH]c4ccc(C)cc34)C2)CC1.Cc1ccc2[nH]nc(NCC(=O)NC3CN(C4CCC(O)(c5ccc(C)nc5)CC4)C3)c2c1.Cc1ccc2c(c1)c(NCC(=O)NC1CN(C3CCC(O)(c4cncs4)CC3)C1)nn2C. The second-order valence-corrected chi connectivity index (χ2v) is 36.3. The summed E-state index contributed by atoms with van der Waals surface area (Å²) in [4.78, 5) is 80.2. The van der Waals surface area contributed by atoms with Crippen molar-refractivity contribution in [2.45, 2.75) is 217 Å². The van der Waals surface area contributed by atoms with Crippen molar-refractivity contribution >= 4 is 108 Å². The summed E-state index contributed by atoms with van der Waals surface area (Å²) in [5, 5.41) is 77.5. The van der Waals surface area contributed by atoms with Gasteiger partial charge in [0.25, 0.3) is 0 Å². The number of nitrogens with zero attached hydrogens (tertiary/aromatic N) is 11. The molecule has 8 aliphatic rings. The topological polar surface area (TPSA) is 365 Å². The number of rotatable bonds is 24. The lowest BCUT2D eigenvalue weighted by atomic mass is 9.77. The Labute approximate surface area is 706 Å². The molecule has 18 rings (SSSR count). The molecule has 4 saturated heterocycles. The molecule has 6 aromatic heterocycles. The van der Waals surface area contributed by atoms with Crippen LogP contribution in [0, 0.1) is 46.5 Å². The number of pyridine rings is 1. The van der Waals surface area contributed by atoms with Gasteiger partial charge in [0.1, 0.15) is 11.4 Å². The van der Waals surface area contributed by atoms with E-state index in [1.54, 1.807) is 18.6 Å². The molecule has 10 heterocycles. The third kappa shape index (κ3) is 20.8. The molecule has 29 nitrogen and oxygen atoms in total. The van der Waals surface area contributed by atoms with Gasteiger partial charge >= 0.3 is 0 Å². The van der Waals surface area contributed by atoms with Gasteiger partial charge in [-0.05, 0) is 205 Å². The van der Waals surface area contributed by atoms with E-state index in [1.165, 1.54) is 54.6 Å². The van der Waals surface area contributed by atoms with Crippen LogP contribution in [0.5, 0.6) is 0 Å². The van der Waals surface area contributed by atoms with Gasteiger partial charge in [0.2, 0.25) is 23.6 Å². The number of hydrogen-bond acceptors (Lipinski definition) is 22. The third-order valence-corrected chi connectivity index (χ3v) is 27.5. The highest BCUT2D eigenvalue weighted by Gasteiger charge is 2.44. The van der Waals surface area contributed by atoms with Crippen LogP contribution in [0.2, 0.25) is 0 Å². The normalized spacial score (nSPS) is 23.9. The van der Waals surface area contributed by atoms with E-state index < -0.39 is 11.2 Å². The number of aryl methyl sites for hydroxylation is 6. The van der Waals surface area contributed by atoms with E-state index in [2.05, 4.69) is 165 Å². The first-order chi connectivity index (χ1) is 57.9. The van der Waals surface area contributed by atoms with Gasteiger partial charge in [-0.2, -0.15) is 20.4 Å². The lowest BCUT2D eigenvalue weighted by molar-refractivity contribution is -0.123. The van der Waals surface area contributed by atoms with E-state index in [9.17, 15) is 34.2 Å². The van der Waals surface area contributed by atoms with Gasteiger partial charge in [0.05, 0.1) is 88.4 Å². The van der Waals surface area contributed by atoms with Crippen molar-refractivity contribution in [2.24, 2.45) is 18.9 Å². The zero-order valence-corrected chi connectivity index (χ0v) is 71.7. The molecule has 0 unspecified atom stereocenters. The van der Waals surface area contributed by atoms with Crippen molar-refractivity contribution in [3.8, 4) is 0 Å². The summed E-state index contributed by atoms with van der Waals surface area (Å²) < 4.78 is 1.83. The van der Waals surface area contributed by atoms with E-state index in [1.807, 2.05) is 87.2 Å². The number of benzene rings is 4.